The second-order valence-electron chi connectivity index (χ2n) is 7.50. The van der Waals surface area contributed by atoms with E-state index in [0.29, 0.717) is 13.2 Å². The highest BCUT2D eigenvalue weighted by atomic mass is 35.5. The number of amides is 1. The minimum absolute atomic E-state index is 0.00881. The van der Waals surface area contributed by atoms with Crippen LogP contribution < -0.4 is 10.9 Å². The fourth-order valence-electron chi connectivity index (χ4n) is 3.62. The number of rotatable bonds is 3. The van der Waals surface area contributed by atoms with Crippen LogP contribution >= 0.6 is 23.1 Å². The van der Waals surface area contributed by atoms with Gasteiger partial charge in [0.15, 0.2) is 0 Å². The van der Waals surface area contributed by atoms with Gasteiger partial charge in [0.25, 0.3) is 11.5 Å². The molecule has 6 nitrogen and oxygen atoms in total. The summed E-state index contributed by atoms with van der Waals surface area (Å²) in [4.78, 5) is 24.1. The van der Waals surface area contributed by atoms with Gasteiger partial charge in [0, 0.05) is 24.7 Å². The second-order valence-corrected chi connectivity index (χ2v) is 8.70. The van der Waals surface area contributed by atoms with Gasteiger partial charge in [-0.25, -0.2) is 0 Å². The van der Waals surface area contributed by atoms with Gasteiger partial charge >= 0.3 is 0 Å². The van der Waals surface area contributed by atoms with Crippen LogP contribution in [0.15, 0.2) is 4.79 Å². The number of H-pyrrole nitrogens is 1. The van der Waals surface area contributed by atoms with E-state index < -0.39 is 5.56 Å². The summed E-state index contributed by atoms with van der Waals surface area (Å²) >= 11 is 6.87. The van der Waals surface area contributed by atoms with E-state index in [1.165, 1.54) is 0 Å². The minimum atomic E-state index is -0.421. The summed E-state index contributed by atoms with van der Waals surface area (Å²) in [5, 5.41) is 3.01. The minimum Gasteiger partial charge on any atom is -0.381 e. The summed E-state index contributed by atoms with van der Waals surface area (Å²) in [6, 6.07) is 0.00881. The molecule has 2 atom stereocenters. The van der Waals surface area contributed by atoms with E-state index >= 15 is 0 Å². The molecule has 0 aromatic carbocycles. The van der Waals surface area contributed by atoms with Crippen molar-refractivity contribution in [3.8, 4) is 0 Å². The summed E-state index contributed by atoms with van der Waals surface area (Å²) in [5.41, 5.74) is -0.751. The molecule has 0 unspecified atom stereocenters. The summed E-state index contributed by atoms with van der Waals surface area (Å²) in [7, 11) is 0. The lowest BCUT2D eigenvalue weighted by Crippen LogP contribution is -2.67. The average Bonchev–Trinajstić information content (AvgIpc) is 2.85. The molecular weight excluding hydrogens is 352 g/mol. The first-order chi connectivity index (χ1) is 11.2. The first-order valence-corrected chi connectivity index (χ1v) is 9.36. The van der Waals surface area contributed by atoms with E-state index in [-0.39, 0.29) is 39.0 Å². The Morgan fingerprint density at radius 1 is 1.42 bits per heavy atom. The Labute approximate surface area is 150 Å². The molecule has 1 aliphatic heterocycles. The van der Waals surface area contributed by atoms with Crippen molar-refractivity contribution in [3.05, 3.63) is 20.3 Å². The molecule has 1 saturated heterocycles. The van der Waals surface area contributed by atoms with Gasteiger partial charge in [-0.05, 0) is 40.0 Å². The molecule has 0 bridgehead atoms. The Morgan fingerprint density at radius 2 is 2.08 bits per heavy atom. The number of nitrogens with one attached hydrogen (secondary N) is 2. The zero-order chi connectivity index (χ0) is 17.5. The third-order valence-corrected chi connectivity index (χ3v) is 6.21. The third-order valence-electron chi connectivity index (χ3n) is 4.86. The van der Waals surface area contributed by atoms with Crippen LogP contribution in [-0.2, 0) is 9.47 Å². The molecule has 3 rings (SSSR count). The quantitative estimate of drug-likeness (QED) is 0.852. The molecule has 1 saturated carbocycles. The monoisotopic (exact) mass is 374 g/mol. The molecule has 0 radical (unpaired) electrons. The van der Waals surface area contributed by atoms with Crippen LogP contribution in [0.25, 0.3) is 0 Å². The molecule has 2 heterocycles. The van der Waals surface area contributed by atoms with Gasteiger partial charge in [-0.15, -0.1) is 0 Å². The molecule has 2 N–H and O–H groups in total. The van der Waals surface area contributed by atoms with Crippen molar-refractivity contribution in [1.82, 2.24) is 9.69 Å². The molecule has 24 heavy (non-hydrogen) atoms. The van der Waals surface area contributed by atoms with E-state index in [2.05, 4.69) is 9.69 Å². The number of aromatic amines is 1. The maximum Gasteiger partial charge on any atom is 0.277 e. The zero-order valence-electron chi connectivity index (χ0n) is 14.1. The topological polar surface area (TPSA) is 80.4 Å². The van der Waals surface area contributed by atoms with Crippen molar-refractivity contribution in [3.63, 3.8) is 0 Å². The Balaban J connectivity index is 1.74. The van der Waals surface area contributed by atoms with Crippen LogP contribution in [0, 0.1) is 5.41 Å². The normalized spacial score (nSPS) is 26.2. The Morgan fingerprint density at radius 3 is 2.62 bits per heavy atom. The predicted octanol–water partition coefficient (Wildman–Crippen LogP) is 2.57. The third kappa shape index (κ3) is 3.27. The van der Waals surface area contributed by atoms with Gasteiger partial charge in [0.2, 0.25) is 0 Å². The molecule has 2 aliphatic rings. The Kier molecular flexibility index (Phi) is 4.81. The second kappa shape index (κ2) is 6.44. The lowest BCUT2D eigenvalue weighted by molar-refractivity contribution is -0.209. The van der Waals surface area contributed by atoms with Gasteiger partial charge in [-0.2, -0.15) is 0 Å². The number of carbonyl (C=O) groups is 1. The van der Waals surface area contributed by atoms with Crippen LogP contribution in [0.4, 0.5) is 0 Å². The van der Waals surface area contributed by atoms with E-state index in [1.807, 2.05) is 20.8 Å². The summed E-state index contributed by atoms with van der Waals surface area (Å²) in [6.07, 6.45) is 2.58. The van der Waals surface area contributed by atoms with Gasteiger partial charge < -0.3 is 14.8 Å². The molecule has 1 spiro atoms. The van der Waals surface area contributed by atoms with Crippen LogP contribution in [0.3, 0.4) is 0 Å². The fourth-order valence-corrected chi connectivity index (χ4v) is 4.56. The van der Waals surface area contributed by atoms with Gasteiger partial charge in [0.05, 0.1) is 11.7 Å². The molecule has 1 aromatic heterocycles. The first kappa shape index (κ1) is 17.9. The lowest BCUT2D eigenvalue weighted by atomic mass is 9.57. The van der Waals surface area contributed by atoms with Gasteiger partial charge in [-0.3, -0.25) is 14.0 Å². The van der Waals surface area contributed by atoms with Crippen LogP contribution in [0.1, 0.15) is 49.7 Å². The standard InChI is InChI=1S/C16H23ClN2O4S/c1-15(2,3)23-10-8-9(16(10)4-6-22-7-5-16)18-14(21)12-11(17)13(20)19-24-12/h9-10H,4-8H2,1-3H3,(H,18,21)(H,19,20)/t9-,10-/m1/s1. The van der Waals surface area contributed by atoms with E-state index in [9.17, 15) is 9.59 Å². The van der Waals surface area contributed by atoms with Gasteiger partial charge in [0.1, 0.15) is 9.90 Å². The molecule has 1 aromatic rings. The SMILES string of the molecule is CC(C)(C)O[C@@H]1C[C@@H](NC(=O)c2s[nH]c(=O)c2Cl)C12CCOCC2. The molecule has 2 fully saturated rings. The highest BCUT2D eigenvalue weighted by Gasteiger charge is 2.57. The predicted molar refractivity (Wildman–Crippen MR) is 92.9 cm³/mol. The Bertz CT molecular complexity index is 672. The van der Waals surface area contributed by atoms with E-state index in [1.54, 1.807) is 0 Å². The highest BCUT2D eigenvalue weighted by Crippen LogP contribution is 2.51. The Hall–Kier alpha value is -0.890. The van der Waals surface area contributed by atoms with E-state index in [0.717, 1.165) is 30.8 Å². The maximum atomic E-state index is 12.5. The van der Waals surface area contributed by atoms with Crippen LogP contribution in [0.2, 0.25) is 5.02 Å². The van der Waals surface area contributed by atoms with Crippen molar-refractivity contribution in [2.24, 2.45) is 5.41 Å². The molecule has 134 valence electrons. The van der Waals surface area contributed by atoms with Crippen molar-refractivity contribution in [2.75, 3.05) is 13.2 Å². The molecule has 1 aliphatic carbocycles. The number of halogens is 1. The van der Waals surface area contributed by atoms with E-state index in [4.69, 9.17) is 21.1 Å². The highest BCUT2D eigenvalue weighted by molar-refractivity contribution is 7.08. The zero-order valence-corrected chi connectivity index (χ0v) is 15.7. The van der Waals surface area contributed by atoms with Crippen molar-refractivity contribution >= 4 is 29.0 Å². The summed E-state index contributed by atoms with van der Waals surface area (Å²) < 4.78 is 14.2. The smallest absolute Gasteiger partial charge is 0.277 e. The summed E-state index contributed by atoms with van der Waals surface area (Å²) in [5.74, 6) is -0.298. The molecule has 8 heteroatoms. The van der Waals surface area contributed by atoms with Crippen molar-refractivity contribution in [2.45, 2.75) is 57.8 Å². The maximum absolute atomic E-state index is 12.5. The largest absolute Gasteiger partial charge is 0.381 e. The van der Waals surface area contributed by atoms with Crippen molar-refractivity contribution in [1.29, 1.82) is 0 Å². The fraction of sp³-hybridized carbons (Fsp3) is 0.750. The molecular formula is C16H23ClN2O4S. The lowest BCUT2D eigenvalue weighted by Gasteiger charge is -2.58. The van der Waals surface area contributed by atoms with Crippen molar-refractivity contribution < 1.29 is 14.3 Å². The first-order valence-electron chi connectivity index (χ1n) is 8.16. The van der Waals surface area contributed by atoms with Crippen LogP contribution in [-0.4, -0.2) is 41.2 Å². The number of hydrogen-bond donors (Lipinski definition) is 2. The molecule has 1 amide bonds. The number of carbonyl (C=O) groups excluding carboxylic acids is 1. The number of aromatic nitrogens is 1. The van der Waals surface area contributed by atoms with Crippen LogP contribution in [0.5, 0.6) is 0 Å². The number of hydrogen-bond acceptors (Lipinski definition) is 5. The summed E-state index contributed by atoms with van der Waals surface area (Å²) in [6.45, 7) is 7.48. The number of ether oxygens (including phenoxy) is 2. The average molecular weight is 375 g/mol. The van der Waals surface area contributed by atoms with Gasteiger partial charge in [-0.1, -0.05) is 23.1 Å².